The Kier molecular flexibility index (Phi) is 8.34. The number of carbonyl (C=O) groups excluding carboxylic acids is 1. The zero-order valence-electron chi connectivity index (χ0n) is 20.2. The first-order valence-corrected chi connectivity index (χ1v) is 12.8. The molecule has 1 aromatic heterocycles. The summed E-state index contributed by atoms with van der Waals surface area (Å²) < 4.78 is 1.72. The lowest BCUT2D eigenvalue weighted by atomic mass is 9.88. The van der Waals surface area contributed by atoms with Gasteiger partial charge >= 0.3 is 0 Å². The summed E-state index contributed by atoms with van der Waals surface area (Å²) in [7, 11) is 0. The van der Waals surface area contributed by atoms with E-state index in [-0.39, 0.29) is 18.3 Å². The molecule has 1 aromatic carbocycles. The highest BCUT2D eigenvalue weighted by Crippen LogP contribution is 2.33. The van der Waals surface area contributed by atoms with Gasteiger partial charge in [-0.15, -0.1) is 0 Å². The van der Waals surface area contributed by atoms with Gasteiger partial charge in [-0.25, -0.2) is 4.98 Å². The molecule has 2 aromatic rings. The number of nitrogens with one attached hydrogen (secondary N) is 1. The van der Waals surface area contributed by atoms with Crippen molar-refractivity contribution >= 4 is 16.9 Å². The monoisotopic (exact) mass is 470 g/mol. The molecule has 0 spiro atoms. The zero-order chi connectivity index (χ0) is 24.1. The molecule has 0 bridgehead atoms. The maximum Gasteiger partial charge on any atom is 0.282 e. The van der Waals surface area contributed by atoms with Crippen LogP contribution in [0.4, 0.5) is 0 Å². The number of amides is 1. The maximum absolute atomic E-state index is 13.4. The number of nitrogens with zero attached hydrogens (tertiary/aromatic N) is 3. The molecule has 1 amide bonds. The number of aliphatic hydroxyl groups is 2. The van der Waals surface area contributed by atoms with Crippen molar-refractivity contribution in [3.8, 4) is 0 Å². The number of benzene rings is 1. The fourth-order valence-electron chi connectivity index (χ4n) is 5.56. The van der Waals surface area contributed by atoms with Crippen LogP contribution in [0.3, 0.4) is 0 Å². The van der Waals surface area contributed by atoms with Crippen LogP contribution in [0.5, 0.6) is 0 Å². The highest BCUT2D eigenvalue weighted by Gasteiger charge is 2.35. The molecule has 1 saturated heterocycles. The van der Waals surface area contributed by atoms with Gasteiger partial charge in [-0.2, -0.15) is 0 Å². The van der Waals surface area contributed by atoms with Gasteiger partial charge in [-0.3, -0.25) is 14.5 Å². The van der Waals surface area contributed by atoms with Crippen LogP contribution in [0.25, 0.3) is 11.0 Å². The van der Waals surface area contributed by atoms with Gasteiger partial charge in [0.05, 0.1) is 23.7 Å². The number of hydrogen-bond acceptors (Lipinski definition) is 6. The molecule has 2 aliphatic rings. The van der Waals surface area contributed by atoms with Gasteiger partial charge in [0, 0.05) is 31.2 Å². The first-order chi connectivity index (χ1) is 16.5. The van der Waals surface area contributed by atoms with Crippen LogP contribution in [-0.2, 0) is 0 Å². The lowest BCUT2D eigenvalue weighted by molar-refractivity contribution is 0.0171. The van der Waals surface area contributed by atoms with Crippen LogP contribution in [0, 0.1) is 0 Å². The molecular weight excluding hydrogens is 432 g/mol. The number of likely N-dealkylation sites (tertiary alicyclic amines) is 1. The number of fused-ring (bicyclic) bond motifs is 1. The van der Waals surface area contributed by atoms with Gasteiger partial charge < -0.3 is 20.1 Å². The second kappa shape index (κ2) is 11.4. The molecule has 34 heavy (non-hydrogen) atoms. The van der Waals surface area contributed by atoms with Crippen molar-refractivity contribution in [3.63, 3.8) is 0 Å². The van der Waals surface area contributed by atoms with E-state index in [1.807, 2.05) is 24.3 Å². The van der Waals surface area contributed by atoms with Crippen molar-refractivity contribution < 1.29 is 15.0 Å². The molecule has 186 valence electrons. The smallest absolute Gasteiger partial charge is 0.282 e. The highest BCUT2D eigenvalue weighted by molar-refractivity contribution is 5.93. The largest absolute Gasteiger partial charge is 0.394 e. The van der Waals surface area contributed by atoms with Crippen LogP contribution < -0.4 is 10.9 Å². The number of hydrogen-bond donors (Lipinski definition) is 3. The highest BCUT2D eigenvalue weighted by atomic mass is 16.3. The summed E-state index contributed by atoms with van der Waals surface area (Å²) in [5.74, 6) is -0.635. The van der Waals surface area contributed by atoms with Crippen LogP contribution in [0.2, 0.25) is 0 Å². The van der Waals surface area contributed by atoms with E-state index in [0.717, 1.165) is 24.9 Å². The number of para-hydroxylation sites is 2. The van der Waals surface area contributed by atoms with Gasteiger partial charge in [-0.05, 0) is 44.7 Å². The van der Waals surface area contributed by atoms with E-state index in [0.29, 0.717) is 17.6 Å². The molecule has 3 atom stereocenters. The van der Waals surface area contributed by atoms with E-state index < -0.39 is 24.2 Å². The summed E-state index contributed by atoms with van der Waals surface area (Å²) >= 11 is 0. The molecule has 4 rings (SSSR count). The molecule has 1 aliphatic heterocycles. The fraction of sp³-hybridized carbons (Fsp3) is 0.654. The Morgan fingerprint density at radius 1 is 1.15 bits per heavy atom. The number of carbonyl (C=O) groups is 1. The lowest BCUT2D eigenvalue weighted by Gasteiger charge is -2.48. The van der Waals surface area contributed by atoms with Crippen LogP contribution >= 0.6 is 0 Å². The number of aromatic nitrogens is 2. The topological polar surface area (TPSA) is 108 Å². The minimum Gasteiger partial charge on any atom is -0.394 e. The first-order valence-electron chi connectivity index (χ1n) is 12.8. The molecule has 3 unspecified atom stereocenters. The van der Waals surface area contributed by atoms with E-state index in [2.05, 4.69) is 22.1 Å². The molecular formula is C26H38N4O4. The average Bonchev–Trinajstić information content (AvgIpc) is 2.81. The predicted octanol–water partition coefficient (Wildman–Crippen LogP) is 2.62. The Balaban J connectivity index is 1.55. The summed E-state index contributed by atoms with van der Waals surface area (Å²) in [6.07, 6.45) is 10.1. The average molecular weight is 471 g/mol. The SMILES string of the molecule is CC(CC1CCN1C1CCCCCCC1)n1c(=O)c(C(=O)NCC(O)CO)nc2ccccc21. The van der Waals surface area contributed by atoms with E-state index in [9.17, 15) is 14.7 Å². The Labute approximate surface area is 201 Å². The van der Waals surface area contributed by atoms with Crippen LogP contribution in [0.1, 0.15) is 81.2 Å². The van der Waals surface area contributed by atoms with Gasteiger partial charge in [0.2, 0.25) is 0 Å². The van der Waals surface area contributed by atoms with E-state index in [4.69, 9.17) is 5.11 Å². The molecule has 0 radical (unpaired) electrons. The zero-order valence-corrected chi connectivity index (χ0v) is 20.2. The van der Waals surface area contributed by atoms with Crippen LogP contribution in [0.15, 0.2) is 29.1 Å². The van der Waals surface area contributed by atoms with Gasteiger partial charge in [-0.1, -0.05) is 44.2 Å². The molecule has 8 heteroatoms. The molecule has 2 heterocycles. The number of aliphatic hydroxyl groups excluding tert-OH is 2. The standard InChI is InChI=1S/C26H38N4O4/c1-18(15-20-13-14-29(20)19-9-5-3-2-4-6-10-19)30-23-12-8-7-11-22(23)28-24(26(30)34)25(33)27-16-21(32)17-31/h7-8,11-12,18-21,31-32H,2-6,9-10,13-17H2,1H3,(H,27,33). The van der Waals surface area contributed by atoms with E-state index in [1.54, 1.807) is 4.57 Å². The Hall–Kier alpha value is -2.29. The molecule has 8 nitrogen and oxygen atoms in total. The minimum atomic E-state index is -1.08. The van der Waals surface area contributed by atoms with Crippen molar-refractivity contribution in [1.82, 2.24) is 19.8 Å². The summed E-state index contributed by atoms with van der Waals surface area (Å²) in [6, 6.07) is 8.43. The van der Waals surface area contributed by atoms with Crippen molar-refractivity contribution in [2.24, 2.45) is 0 Å². The molecule has 1 aliphatic carbocycles. The lowest BCUT2D eigenvalue weighted by Crippen LogP contribution is -2.54. The fourth-order valence-corrected chi connectivity index (χ4v) is 5.56. The van der Waals surface area contributed by atoms with E-state index >= 15 is 0 Å². The third-order valence-corrected chi connectivity index (χ3v) is 7.51. The molecule has 3 N–H and O–H groups in total. The normalized spacial score (nSPS) is 21.9. The third-order valence-electron chi connectivity index (χ3n) is 7.51. The minimum absolute atomic E-state index is 0.0867. The first kappa shape index (κ1) is 24.8. The van der Waals surface area contributed by atoms with E-state index in [1.165, 1.54) is 44.9 Å². The van der Waals surface area contributed by atoms with Crippen molar-refractivity contribution in [1.29, 1.82) is 0 Å². The molecule has 2 fully saturated rings. The Morgan fingerprint density at radius 2 is 1.85 bits per heavy atom. The van der Waals surface area contributed by atoms with Gasteiger partial charge in [0.15, 0.2) is 5.69 Å². The predicted molar refractivity (Wildman–Crippen MR) is 132 cm³/mol. The van der Waals surface area contributed by atoms with Crippen LogP contribution in [-0.4, -0.2) is 68.5 Å². The maximum atomic E-state index is 13.4. The Bertz CT molecular complexity index is 1030. The second-order valence-electron chi connectivity index (χ2n) is 9.93. The summed E-state index contributed by atoms with van der Waals surface area (Å²) in [5, 5.41) is 21.1. The van der Waals surface area contributed by atoms with Crippen molar-refractivity contribution in [2.45, 2.75) is 88.9 Å². The summed E-state index contributed by atoms with van der Waals surface area (Å²) in [5.41, 5.74) is 0.719. The quantitative estimate of drug-likeness (QED) is 0.547. The van der Waals surface area contributed by atoms with Gasteiger partial charge in [0.25, 0.3) is 11.5 Å². The van der Waals surface area contributed by atoms with Crippen molar-refractivity contribution in [2.75, 3.05) is 19.7 Å². The Morgan fingerprint density at radius 3 is 2.53 bits per heavy atom. The second-order valence-corrected chi connectivity index (χ2v) is 9.93. The van der Waals surface area contributed by atoms with Crippen molar-refractivity contribution in [3.05, 3.63) is 40.3 Å². The molecule has 1 saturated carbocycles. The number of rotatable bonds is 8. The summed E-state index contributed by atoms with van der Waals surface area (Å²) in [6.45, 7) is 2.58. The summed E-state index contributed by atoms with van der Waals surface area (Å²) in [4.78, 5) is 33.2. The van der Waals surface area contributed by atoms with Gasteiger partial charge in [0.1, 0.15) is 0 Å². The third kappa shape index (κ3) is 5.50.